The van der Waals surface area contributed by atoms with Gasteiger partial charge in [0.2, 0.25) is 5.82 Å². The van der Waals surface area contributed by atoms with Crippen LogP contribution >= 0.6 is 11.3 Å². The van der Waals surface area contributed by atoms with Gasteiger partial charge >= 0.3 is 35.7 Å². The average molecular weight is 518 g/mol. The number of hydrogen-bond donors (Lipinski definition) is 0. The van der Waals surface area contributed by atoms with Crippen molar-refractivity contribution in [2.45, 2.75) is 12.7 Å². The second-order valence-corrected chi connectivity index (χ2v) is 8.58. The SMILES string of the molecule is O=C([O-])c1ccn(Cc2ccc(-c3noc(-c4cc(-c5ccccc5)c(C(F)(F)F)s4)n3)cc2)n1.[Na+]. The van der Waals surface area contributed by atoms with Crippen LogP contribution in [0.3, 0.4) is 0 Å². The van der Waals surface area contributed by atoms with Crippen LogP contribution in [0.1, 0.15) is 20.9 Å². The summed E-state index contributed by atoms with van der Waals surface area (Å²) in [6.45, 7) is 0.336. The number of aromatic nitrogens is 4. The van der Waals surface area contributed by atoms with Crippen LogP contribution in [0.5, 0.6) is 0 Å². The van der Waals surface area contributed by atoms with Gasteiger partial charge in [0.05, 0.1) is 17.4 Å². The fourth-order valence-corrected chi connectivity index (χ4v) is 4.45. The van der Waals surface area contributed by atoms with Gasteiger partial charge in [-0.15, -0.1) is 11.3 Å². The van der Waals surface area contributed by atoms with E-state index in [2.05, 4.69) is 15.2 Å². The largest absolute Gasteiger partial charge is 1.00 e. The van der Waals surface area contributed by atoms with E-state index in [0.29, 0.717) is 29.0 Å². The van der Waals surface area contributed by atoms with Crippen molar-refractivity contribution in [1.29, 1.82) is 0 Å². The molecule has 0 saturated carbocycles. The minimum absolute atomic E-state index is 0. The van der Waals surface area contributed by atoms with E-state index in [1.54, 1.807) is 54.6 Å². The van der Waals surface area contributed by atoms with Crippen molar-refractivity contribution in [3.05, 3.63) is 89.1 Å². The molecular formula is C24H14F3N4NaO3S. The Morgan fingerprint density at radius 2 is 1.75 bits per heavy atom. The maximum Gasteiger partial charge on any atom is 1.00 e. The molecule has 0 aliphatic heterocycles. The van der Waals surface area contributed by atoms with Crippen LogP contribution in [-0.2, 0) is 12.7 Å². The van der Waals surface area contributed by atoms with E-state index >= 15 is 0 Å². The zero-order chi connectivity index (χ0) is 24.6. The molecule has 0 saturated heterocycles. The van der Waals surface area contributed by atoms with Gasteiger partial charge in [-0.2, -0.15) is 23.3 Å². The Morgan fingerprint density at radius 1 is 1.03 bits per heavy atom. The summed E-state index contributed by atoms with van der Waals surface area (Å²) in [5.41, 5.74) is 1.80. The van der Waals surface area contributed by atoms with Crippen molar-refractivity contribution in [3.8, 4) is 33.3 Å². The van der Waals surface area contributed by atoms with Gasteiger partial charge in [0, 0.05) is 17.3 Å². The van der Waals surface area contributed by atoms with Crippen LogP contribution in [-0.4, -0.2) is 25.9 Å². The van der Waals surface area contributed by atoms with Crippen LogP contribution in [0.25, 0.3) is 33.3 Å². The van der Waals surface area contributed by atoms with Crippen LogP contribution in [0.2, 0.25) is 0 Å². The molecule has 5 aromatic rings. The molecule has 0 fully saturated rings. The predicted octanol–water partition coefficient (Wildman–Crippen LogP) is 1.76. The predicted molar refractivity (Wildman–Crippen MR) is 119 cm³/mol. The second kappa shape index (κ2) is 10.4. The van der Waals surface area contributed by atoms with Crippen LogP contribution in [0, 0.1) is 0 Å². The summed E-state index contributed by atoms with van der Waals surface area (Å²) in [7, 11) is 0. The number of aromatic carboxylic acids is 1. The first-order valence-electron chi connectivity index (χ1n) is 10.2. The number of carbonyl (C=O) groups is 1. The van der Waals surface area contributed by atoms with Gasteiger partial charge in [-0.25, -0.2) is 0 Å². The fourth-order valence-electron chi connectivity index (χ4n) is 3.48. The van der Waals surface area contributed by atoms with Gasteiger partial charge in [-0.05, 0) is 23.3 Å². The van der Waals surface area contributed by atoms with Crippen LogP contribution < -0.4 is 34.7 Å². The Morgan fingerprint density at radius 3 is 2.39 bits per heavy atom. The van der Waals surface area contributed by atoms with Crippen molar-refractivity contribution in [2.75, 3.05) is 0 Å². The number of halogens is 3. The molecule has 5 rings (SSSR count). The van der Waals surface area contributed by atoms with E-state index in [4.69, 9.17) is 4.52 Å². The van der Waals surface area contributed by atoms with E-state index in [-0.39, 0.29) is 57.4 Å². The smallest absolute Gasteiger partial charge is 0.543 e. The minimum Gasteiger partial charge on any atom is -0.543 e. The third kappa shape index (κ3) is 5.44. The molecule has 176 valence electrons. The molecule has 0 amide bonds. The molecule has 0 unspecified atom stereocenters. The molecule has 0 aliphatic rings. The molecular weight excluding hydrogens is 504 g/mol. The number of carboxylic acid groups (broad SMARTS) is 1. The van der Waals surface area contributed by atoms with Crippen LogP contribution in [0.4, 0.5) is 13.2 Å². The third-order valence-electron chi connectivity index (χ3n) is 5.12. The summed E-state index contributed by atoms with van der Waals surface area (Å²) in [6.07, 6.45) is -2.99. The molecule has 3 heterocycles. The summed E-state index contributed by atoms with van der Waals surface area (Å²) >= 11 is 0.553. The second-order valence-electron chi connectivity index (χ2n) is 7.52. The third-order valence-corrected chi connectivity index (χ3v) is 6.29. The van der Waals surface area contributed by atoms with Gasteiger partial charge < -0.3 is 14.4 Å². The average Bonchev–Trinajstić information content (AvgIpc) is 3.59. The zero-order valence-corrected chi connectivity index (χ0v) is 21.5. The van der Waals surface area contributed by atoms with E-state index in [0.717, 1.165) is 5.56 Å². The van der Waals surface area contributed by atoms with Gasteiger partial charge in [0.25, 0.3) is 5.89 Å². The minimum atomic E-state index is -4.52. The quantitative estimate of drug-likeness (QED) is 0.318. The van der Waals surface area contributed by atoms with Crippen molar-refractivity contribution >= 4 is 17.3 Å². The van der Waals surface area contributed by atoms with Crippen molar-refractivity contribution in [2.24, 2.45) is 0 Å². The summed E-state index contributed by atoms with van der Waals surface area (Å²) in [5, 5.41) is 18.7. The normalized spacial score (nSPS) is 11.3. The molecule has 7 nitrogen and oxygen atoms in total. The Kier molecular flexibility index (Phi) is 7.46. The molecule has 36 heavy (non-hydrogen) atoms. The molecule has 0 N–H and O–H groups in total. The number of nitrogens with zero attached hydrogens (tertiary/aromatic N) is 4. The van der Waals surface area contributed by atoms with E-state index in [1.807, 2.05) is 0 Å². The Bertz CT molecular complexity index is 1500. The summed E-state index contributed by atoms with van der Waals surface area (Å²) in [4.78, 5) is 14.6. The number of thiophene rings is 1. The van der Waals surface area contributed by atoms with E-state index < -0.39 is 17.0 Å². The summed E-state index contributed by atoms with van der Waals surface area (Å²) < 4.78 is 47.8. The van der Waals surface area contributed by atoms with Crippen molar-refractivity contribution < 1.29 is 57.2 Å². The fraction of sp³-hybridized carbons (Fsp3) is 0.0833. The number of rotatable bonds is 6. The van der Waals surface area contributed by atoms with Crippen molar-refractivity contribution in [3.63, 3.8) is 0 Å². The topological polar surface area (TPSA) is 96.9 Å². The Labute approximate surface area is 228 Å². The maximum atomic E-state index is 13.7. The summed E-state index contributed by atoms with van der Waals surface area (Å²) in [6, 6.07) is 18.1. The number of hydrogen-bond acceptors (Lipinski definition) is 7. The molecule has 0 radical (unpaired) electrons. The zero-order valence-electron chi connectivity index (χ0n) is 18.7. The van der Waals surface area contributed by atoms with Crippen LogP contribution in [0.15, 0.2) is 77.4 Å². The Hall–Kier alpha value is -3.25. The van der Waals surface area contributed by atoms with Gasteiger partial charge in [-0.3, -0.25) is 4.68 Å². The molecule has 0 atom stereocenters. The molecule has 0 spiro atoms. The van der Waals surface area contributed by atoms with Gasteiger partial charge in [0.15, 0.2) is 0 Å². The standard InChI is InChI=1S/C24H15F3N4O3S.Na/c25-24(26,27)20-17(15-4-2-1-3-5-15)12-19(35-20)22-28-21(30-34-22)16-8-6-14(7-9-16)13-31-11-10-18(29-31)23(32)33;/h1-12H,13H2,(H,32,33);/q;+1/p-1. The molecule has 0 aliphatic carbocycles. The Balaban J connectivity index is 0.00000304. The number of carboxylic acids is 1. The van der Waals surface area contributed by atoms with E-state index in [9.17, 15) is 23.1 Å². The number of carbonyl (C=O) groups excluding carboxylic acids is 1. The first kappa shape index (κ1) is 25.8. The van der Waals surface area contributed by atoms with E-state index in [1.165, 1.54) is 23.0 Å². The van der Waals surface area contributed by atoms with Gasteiger partial charge in [0.1, 0.15) is 10.6 Å². The number of alkyl halides is 3. The molecule has 12 heteroatoms. The molecule has 3 aromatic heterocycles. The first-order valence-corrected chi connectivity index (χ1v) is 11.0. The maximum absolute atomic E-state index is 13.7. The van der Waals surface area contributed by atoms with Gasteiger partial charge in [-0.1, -0.05) is 59.8 Å². The molecule has 2 aromatic carbocycles. The number of benzene rings is 2. The van der Waals surface area contributed by atoms with Crippen molar-refractivity contribution in [1.82, 2.24) is 19.9 Å². The molecule has 0 bridgehead atoms. The summed E-state index contributed by atoms with van der Waals surface area (Å²) in [5.74, 6) is -1.13. The monoisotopic (exact) mass is 518 g/mol. The first-order chi connectivity index (χ1) is 16.8.